The predicted octanol–water partition coefficient (Wildman–Crippen LogP) is 1.23. The van der Waals surface area contributed by atoms with Gasteiger partial charge in [0, 0.05) is 30.4 Å². The van der Waals surface area contributed by atoms with E-state index < -0.39 is 36.3 Å². The number of amides is 3. The van der Waals surface area contributed by atoms with Crippen LogP contribution in [0.2, 0.25) is 0 Å². The molecule has 1 unspecified atom stereocenters. The highest BCUT2D eigenvalue weighted by Gasteiger charge is 2.34. The number of para-hydroxylation sites is 1. The zero-order chi connectivity index (χ0) is 24.1. The third-order valence-electron chi connectivity index (χ3n) is 6.09. The van der Waals surface area contributed by atoms with Crippen molar-refractivity contribution in [3.05, 3.63) is 36.0 Å². The number of aromatic nitrogens is 1. The molecular formula is C24H32N4O5. The molecule has 1 fully saturated rings. The number of aromatic amines is 1. The van der Waals surface area contributed by atoms with Gasteiger partial charge in [-0.1, -0.05) is 32.0 Å². The number of nitrogens with one attached hydrogen (secondary N) is 3. The molecule has 178 valence electrons. The van der Waals surface area contributed by atoms with Gasteiger partial charge in [0.1, 0.15) is 18.3 Å². The molecule has 2 heterocycles. The first-order chi connectivity index (χ1) is 15.7. The van der Waals surface area contributed by atoms with E-state index in [0.29, 0.717) is 25.1 Å². The molecule has 2 aromatic rings. The minimum Gasteiger partial charge on any atom is -0.389 e. The number of aliphatic hydroxyl groups is 1. The van der Waals surface area contributed by atoms with Crippen LogP contribution < -0.4 is 10.6 Å². The number of hydrogen-bond acceptors (Lipinski definition) is 5. The van der Waals surface area contributed by atoms with Crippen molar-refractivity contribution in [1.29, 1.82) is 0 Å². The zero-order valence-electron chi connectivity index (χ0n) is 19.3. The summed E-state index contributed by atoms with van der Waals surface area (Å²) in [5.74, 6) is -1.85. The molecule has 4 N–H and O–H groups in total. The van der Waals surface area contributed by atoms with Crippen molar-refractivity contribution in [3.63, 3.8) is 0 Å². The van der Waals surface area contributed by atoms with Gasteiger partial charge in [-0.2, -0.15) is 0 Å². The van der Waals surface area contributed by atoms with Crippen LogP contribution in [-0.2, 0) is 14.4 Å². The summed E-state index contributed by atoms with van der Waals surface area (Å²) in [4.78, 5) is 55.2. The first kappa shape index (κ1) is 24.4. The molecule has 3 amide bonds. The summed E-state index contributed by atoms with van der Waals surface area (Å²) < 4.78 is 0. The lowest BCUT2D eigenvalue weighted by atomic mass is 9.95. The maximum atomic E-state index is 13.3. The van der Waals surface area contributed by atoms with Crippen molar-refractivity contribution in [2.45, 2.75) is 45.2 Å². The second kappa shape index (κ2) is 10.6. The molecule has 0 spiro atoms. The number of aliphatic hydroxyl groups excluding tert-OH is 1. The van der Waals surface area contributed by atoms with Crippen molar-refractivity contribution in [3.8, 4) is 0 Å². The quantitative estimate of drug-likeness (QED) is 0.427. The Morgan fingerprint density at radius 2 is 1.97 bits per heavy atom. The van der Waals surface area contributed by atoms with E-state index in [4.69, 9.17) is 0 Å². The van der Waals surface area contributed by atoms with Crippen LogP contribution >= 0.6 is 0 Å². The maximum absolute atomic E-state index is 13.3. The van der Waals surface area contributed by atoms with Crippen LogP contribution in [0.5, 0.6) is 0 Å². The SMILES string of the molecule is CC(C)C[C@H](C(=O)N[C@@H](CC1CCNC1=O)C(=O)CO)N(C)C(=O)c1cc2ccccc2[nH]1. The van der Waals surface area contributed by atoms with Crippen LogP contribution in [0.15, 0.2) is 30.3 Å². The number of rotatable bonds is 10. The summed E-state index contributed by atoms with van der Waals surface area (Å²) in [7, 11) is 1.56. The zero-order valence-corrected chi connectivity index (χ0v) is 19.3. The molecule has 1 aliphatic rings. The van der Waals surface area contributed by atoms with Crippen molar-refractivity contribution in [2.75, 3.05) is 20.2 Å². The van der Waals surface area contributed by atoms with Crippen LogP contribution in [0.4, 0.5) is 0 Å². The van der Waals surface area contributed by atoms with Crippen LogP contribution in [0, 0.1) is 11.8 Å². The summed E-state index contributed by atoms with van der Waals surface area (Å²) in [6.07, 6.45) is 1.07. The summed E-state index contributed by atoms with van der Waals surface area (Å²) in [5.41, 5.74) is 1.19. The molecule has 3 rings (SSSR count). The summed E-state index contributed by atoms with van der Waals surface area (Å²) in [5, 5.41) is 15.7. The van der Waals surface area contributed by atoms with E-state index in [1.165, 1.54) is 4.90 Å². The van der Waals surface area contributed by atoms with E-state index in [1.54, 1.807) is 13.1 Å². The lowest BCUT2D eigenvalue weighted by Gasteiger charge is -2.30. The summed E-state index contributed by atoms with van der Waals surface area (Å²) in [6.45, 7) is 3.68. The molecular weight excluding hydrogens is 424 g/mol. The highest BCUT2D eigenvalue weighted by molar-refractivity contribution is 6.00. The first-order valence-electron chi connectivity index (χ1n) is 11.3. The van der Waals surface area contributed by atoms with Gasteiger partial charge in [0.2, 0.25) is 11.8 Å². The maximum Gasteiger partial charge on any atom is 0.270 e. The first-order valence-corrected chi connectivity index (χ1v) is 11.3. The highest BCUT2D eigenvalue weighted by atomic mass is 16.3. The summed E-state index contributed by atoms with van der Waals surface area (Å²) >= 11 is 0. The molecule has 0 radical (unpaired) electrons. The van der Waals surface area contributed by atoms with Gasteiger partial charge in [0.25, 0.3) is 5.91 Å². The molecule has 33 heavy (non-hydrogen) atoms. The minimum absolute atomic E-state index is 0.103. The van der Waals surface area contributed by atoms with Crippen molar-refractivity contribution in [1.82, 2.24) is 20.5 Å². The standard InChI is InChI=1S/C24H32N4O5/c1-14(2)10-20(28(3)24(33)19-11-15-6-4-5-7-17(15)26-19)23(32)27-18(21(30)13-29)12-16-8-9-25-22(16)31/h4-7,11,14,16,18,20,26,29H,8-10,12-13H2,1-3H3,(H,25,31)(H,27,32)/t16?,18-,20+/m0/s1. The minimum atomic E-state index is -0.998. The van der Waals surface area contributed by atoms with Gasteiger partial charge in [-0.15, -0.1) is 0 Å². The molecule has 0 aliphatic carbocycles. The highest BCUT2D eigenvalue weighted by Crippen LogP contribution is 2.20. The number of H-pyrrole nitrogens is 1. The molecule has 1 aliphatic heterocycles. The average molecular weight is 457 g/mol. The van der Waals surface area contributed by atoms with Gasteiger partial charge in [0.15, 0.2) is 5.78 Å². The molecule has 9 heteroatoms. The van der Waals surface area contributed by atoms with Gasteiger partial charge in [-0.25, -0.2) is 0 Å². The second-order valence-electron chi connectivity index (χ2n) is 9.03. The molecule has 0 bridgehead atoms. The monoisotopic (exact) mass is 456 g/mol. The number of carbonyl (C=O) groups is 4. The third-order valence-corrected chi connectivity index (χ3v) is 6.09. The van der Waals surface area contributed by atoms with Gasteiger partial charge >= 0.3 is 0 Å². The van der Waals surface area contributed by atoms with Gasteiger partial charge < -0.3 is 25.6 Å². The fourth-order valence-corrected chi connectivity index (χ4v) is 4.21. The van der Waals surface area contributed by atoms with Crippen LogP contribution in [0.1, 0.15) is 43.6 Å². The fraction of sp³-hybridized carbons (Fsp3) is 0.500. The smallest absolute Gasteiger partial charge is 0.270 e. The normalized spacial score (nSPS) is 17.6. The van der Waals surface area contributed by atoms with Crippen LogP contribution in [0.3, 0.4) is 0 Å². The second-order valence-corrected chi connectivity index (χ2v) is 9.03. The van der Waals surface area contributed by atoms with E-state index in [0.717, 1.165) is 10.9 Å². The Balaban J connectivity index is 1.78. The topological polar surface area (TPSA) is 132 Å². The van der Waals surface area contributed by atoms with E-state index in [1.807, 2.05) is 38.1 Å². The van der Waals surface area contributed by atoms with E-state index in [-0.39, 0.29) is 24.2 Å². The number of nitrogens with zero attached hydrogens (tertiary/aromatic N) is 1. The molecule has 1 aromatic carbocycles. The molecule has 1 aromatic heterocycles. The van der Waals surface area contributed by atoms with Crippen molar-refractivity contribution >= 4 is 34.4 Å². The largest absolute Gasteiger partial charge is 0.389 e. The van der Waals surface area contributed by atoms with Crippen molar-refractivity contribution in [2.24, 2.45) is 11.8 Å². The van der Waals surface area contributed by atoms with Crippen LogP contribution in [-0.4, -0.2) is 70.8 Å². The molecule has 1 saturated heterocycles. The van der Waals surface area contributed by atoms with Crippen molar-refractivity contribution < 1.29 is 24.3 Å². The molecule has 0 saturated carbocycles. The number of benzene rings is 1. The molecule has 9 nitrogen and oxygen atoms in total. The van der Waals surface area contributed by atoms with Gasteiger partial charge in [-0.3, -0.25) is 19.2 Å². The number of Topliss-reactive ketones (excluding diaryl/α,β-unsaturated/α-hetero) is 1. The Morgan fingerprint density at radius 3 is 2.58 bits per heavy atom. The number of likely N-dealkylation sites (N-methyl/N-ethyl adjacent to an activating group) is 1. The third kappa shape index (κ3) is 5.78. The summed E-state index contributed by atoms with van der Waals surface area (Å²) in [6, 6.07) is 7.44. The van der Waals surface area contributed by atoms with Gasteiger partial charge in [0.05, 0.1) is 6.04 Å². The number of ketones is 1. The average Bonchev–Trinajstić information content (AvgIpc) is 3.41. The number of fused-ring (bicyclic) bond motifs is 1. The Labute approximate surface area is 192 Å². The Hall–Kier alpha value is -3.20. The lowest BCUT2D eigenvalue weighted by molar-refractivity contribution is -0.133. The van der Waals surface area contributed by atoms with E-state index in [2.05, 4.69) is 15.6 Å². The fourth-order valence-electron chi connectivity index (χ4n) is 4.21. The van der Waals surface area contributed by atoms with Crippen LogP contribution in [0.25, 0.3) is 10.9 Å². The number of carbonyl (C=O) groups excluding carboxylic acids is 4. The van der Waals surface area contributed by atoms with E-state index >= 15 is 0 Å². The number of hydrogen-bond donors (Lipinski definition) is 4. The molecule has 3 atom stereocenters. The van der Waals surface area contributed by atoms with Gasteiger partial charge in [-0.05, 0) is 37.3 Å². The Bertz CT molecular complexity index is 998. The lowest BCUT2D eigenvalue weighted by Crippen LogP contribution is -2.53. The Morgan fingerprint density at radius 1 is 1.24 bits per heavy atom. The predicted molar refractivity (Wildman–Crippen MR) is 123 cm³/mol. The Kier molecular flexibility index (Phi) is 7.86. The van der Waals surface area contributed by atoms with E-state index in [9.17, 15) is 24.3 Å².